The molecule has 0 aromatic carbocycles. The van der Waals surface area contributed by atoms with E-state index in [2.05, 4.69) is 4.98 Å². The van der Waals surface area contributed by atoms with Crippen LogP contribution in [0.1, 0.15) is 19.0 Å². The molecule has 0 aliphatic carbocycles. The van der Waals surface area contributed by atoms with Crippen LogP contribution in [-0.4, -0.2) is 47.8 Å². The van der Waals surface area contributed by atoms with E-state index in [-0.39, 0.29) is 21.6 Å². The molecule has 112 valence electrons. The SMILES string of the molecule is CCC(CSC)N(C)S(=O)(=O)c1cccnc1C(N)=S. The molecular formula is C12H19N3O2S3. The van der Waals surface area contributed by atoms with E-state index in [0.29, 0.717) is 0 Å². The number of sulfonamides is 1. The van der Waals surface area contributed by atoms with Crippen LogP contribution in [-0.2, 0) is 10.0 Å². The summed E-state index contributed by atoms with van der Waals surface area (Å²) in [6.07, 6.45) is 4.17. The van der Waals surface area contributed by atoms with Crippen molar-refractivity contribution in [3.63, 3.8) is 0 Å². The van der Waals surface area contributed by atoms with Crippen LogP contribution in [0.15, 0.2) is 23.2 Å². The smallest absolute Gasteiger partial charge is 0.245 e. The van der Waals surface area contributed by atoms with Gasteiger partial charge in [0.1, 0.15) is 15.6 Å². The van der Waals surface area contributed by atoms with Crippen LogP contribution in [0.5, 0.6) is 0 Å². The number of thiocarbonyl (C=S) groups is 1. The standard InChI is InChI=1S/C12H19N3O2S3/c1-4-9(8-19-3)15(2)20(16,17)10-6-5-7-14-11(10)12(13)18/h5-7,9H,4,8H2,1-3H3,(H2,13,18). The van der Waals surface area contributed by atoms with Gasteiger partial charge >= 0.3 is 0 Å². The largest absolute Gasteiger partial charge is 0.388 e. The zero-order valence-corrected chi connectivity index (χ0v) is 14.2. The van der Waals surface area contributed by atoms with Crippen LogP contribution in [0.2, 0.25) is 0 Å². The van der Waals surface area contributed by atoms with Crippen LogP contribution >= 0.6 is 24.0 Å². The van der Waals surface area contributed by atoms with Crippen molar-refractivity contribution >= 4 is 39.0 Å². The molecule has 0 amide bonds. The zero-order valence-electron chi connectivity index (χ0n) is 11.7. The predicted molar refractivity (Wildman–Crippen MR) is 87.5 cm³/mol. The highest BCUT2D eigenvalue weighted by Gasteiger charge is 2.29. The number of nitrogens with two attached hydrogens (primary N) is 1. The van der Waals surface area contributed by atoms with Gasteiger partial charge in [-0.1, -0.05) is 19.1 Å². The number of hydrogen-bond acceptors (Lipinski definition) is 5. The zero-order chi connectivity index (χ0) is 15.3. The molecule has 20 heavy (non-hydrogen) atoms. The van der Waals surface area contributed by atoms with Gasteiger partial charge in [-0.25, -0.2) is 8.42 Å². The lowest BCUT2D eigenvalue weighted by Crippen LogP contribution is -2.39. The van der Waals surface area contributed by atoms with Gasteiger partial charge in [-0.15, -0.1) is 0 Å². The minimum Gasteiger partial charge on any atom is -0.388 e. The molecule has 8 heteroatoms. The first-order chi connectivity index (χ1) is 9.36. The normalized spacial score (nSPS) is 13.4. The Bertz CT molecular complexity index is 575. The molecule has 0 radical (unpaired) electrons. The van der Waals surface area contributed by atoms with Crippen molar-refractivity contribution in [2.24, 2.45) is 5.73 Å². The molecule has 1 aromatic heterocycles. The monoisotopic (exact) mass is 333 g/mol. The summed E-state index contributed by atoms with van der Waals surface area (Å²) in [6.45, 7) is 1.96. The quantitative estimate of drug-likeness (QED) is 0.762. The first-order valence-corrected chi connectivity index (χ1v) is 9.32. The molecule has 1 rings (SSSR count). The second-order valence-corrected chi connectivity index (χ2v) is 7.57. The number of hydrogen-bond donors (Lipinski definition) is 1. The lowest BCUT2D eigenvalue weighted by atomic mass is 10.3. The molecule has 1 unspecified atom stereocenters. The van der Waals surface area contributed by atoms with E-state index in [0.717, 1.165) is 12.2 Å². The predicted octanol–water partition coefficient (Wildman–Crippen LogP) is 1.48. The second-order valence-electron chi connectivity index (χ2n) is 4.25. The van der Waals surface area contributed by atoms with Crippen LogP contribution in [0, 0.1) is 0 Å². The van der Waals surface area contributed by atoms with Crippen molar-refractivity contribution in [3.05, 3.63) is 24.0 Å². The Hall–Kier alpha value is -0.700. The molecule has 0 saturated carbocycles. The Kier molecular flexibility index (Phi) is 6.38. The van der Waals surface area contributed by atoms with Crippen LogP contribution < -0.4 is 5.73 Å². The van der Waals surface area contributed by atoms with E-state index in [4.69, 9.17) is 18.0 Å². The van der Waals surface area contributed by atoms with Gasteiger partial charge in [0.05, 0.1) is 0 Å². The molecule has 5 nitrogen and oxygen atoms in total. The Morgan fingerprint density at radius 3 is 2.75 bits per heavy atom. The summed E-state index contributed by atoms with van der Waals surface area (Å²) in [4.78, 5) is 4.03. The number of nitrogens with zero attached hydrogens (tertiary/aromatic N) is 2. The van der Waals surface area contributed by atoms with Crippen LogP contribution in [0.3, 0.4) is 0 Å². The molecule has 0 fully saturated rings. The lowest BCUT2D eigenvalue weighted by molar-refractivity contribution is 0.385. The van der Waals surface area contributed by atoms with Crippen molar-refractivity contribution in [1.82, 2.24) is 9.29 Å². The fraction of sp³-hybridized carbons (Fsp3) is 0.500. The molecule has 0 aliphatic rings. The van der Waals surface area contributed by atoms with E-state index < -0.39 is 10.0 Å². The van der Waals surface area contributed by atoms with Crippen molar-refractivity contribution in [2.45, 2.75) is 24.3 Å². The van der Waals surface area contributed by atoms with Gasteiger partial charge in [0, 0.05) is 25.0 Å². The molecule has 0 saturated heterocycles. The van der Waals surface area contributed by atoms with Gasteiger partial charge < -0.3 is 5.73 Å². The maximum Gasteiger partial charge on any atom is 0.245 e. The number of pyridine rings is 1. The van der Waals surface area contributed by atoms with E-state index in [1.54, 1.807) is 24.9 Å². The number of aromatic nitrogens is 1. The average Bonchev–Trinajstić information content (AvgIpc) is 2.43. The summed E-state index contributed by atoms with van der Waals surface area (Å²) in [6, 6.07) is 2.98. The van der Waals surface area contributed by atoms with Crippen molar-refractivity contribution < 1.29 is 8.42 Å². The number of rotatable bonds is 7. The second kappa shape index (κ2) is 7.35. The van der Waals surface area contributed by atoms with E-state index in [1.807, 2.05) is 13.2 Å². The van der Waals surface area contributed by atoms with Gasteiger partial charge in [0.25, 0.3) is 0 Å². The van der Waals surface area contributed by atoms with E-state index in [9.17, 15) is 8.42 Å². The van der Waals surface area contributed by atoms with Crippen molar-refractivity contribution in [3.8, 4) is 0 Å². The fourth-order valence-electron chi connectivity index (χ4n) is 1.81. The molecule has 1 heterocycles. The third-order valence-corrected chi connectivity index (χ3v) is 5.86. The maximum atomic E-state index is 12.7. The third-order valence-electron chi connectivity index (χ3n) is 3.01. The highest BCUT2D eigenvalue weighted by molar-refractivity contribution is 7.98. The first kappa shape index (κ1) is 17.4. The average molecular weight is 334 g/mol. The molecular weight excluding hydrogens is 314 g/mol. The Balaban J connectivity index is 3.26. The van der Waals surface area contributed by atoms with Gasteiger partial charge in [-0.05, 0) is 24.8 Å². The van der Waals surface area contributed by atoms with Crippen LogP contribution in [0.4, 0.5) is 0 Å². The molecule has 0 aliphatic heterocycles. The van der Waals surface area contributed by atoms with Crippen LogP contribution in [0.25, 0.3) is 0 Å². The summed E-state index contributed by atoms with van der Waals surface area (Å²) < 4.78 is 26.8. The summed E-state index contributed by atoms with van der Waals surface area (Å²) in [5, 5.41) is 0. The summed E-state index contributed by atoms with van der Waals surface area (Å²) in [5.74, 6) is 0.731. The van der Waals surface area contributed by atoms with Gasteiger partial charge in [-0.2, -0.15) is 16.1 Å². The Labute approximate surface area is 130 Å². The van der Waals surface area contributed by atoms with Gasteiger partial charge in [0.15, 0.2) is 0 Å². The summed E-state index contributed by atoms with van der Waals surface area (Å²) in [7, 11) is -2.08. The third kappa shape index (κ3) is 3.69. The van der Waals surface area contributed by atoms with Gasteiger partial charge in [-0.3, -0.25) is 4.98 Å². The molecule has 1 aromatic rings. The topological polar surface area (TPSA) is 76.3 Å². The maximum absolute atomic E-state index is 12.7. The van der Waals surface area contributed by atoms with E-state index >= 15 is 0 Å². The fourth-order valence-corrected chi connectivity index (χ4v) is 4.56. The molecule has 1 atom stereocenters. The van der Waals surface area contributed by atoms with Crippen molar-refractivity contribution in [1.29, 1.82) is 0 Å². The minimum absolute atomic E-state index is 0.0181. The first-order valence-electron chi connectivity index (χ1n) is 6.08. The Morgan fingerprint density at radius 1 is 1.60 bits per heavy atom. The Morgan fingerprint density at radius 2 is 2.25 bits per heavy atom. The number of thioether (sulfide) groups is 1. The van der Waals surface area contributed by atoms with Crippen molar-refractivity contribution in [2.75, 3.05) is 19.1 Å². The highest BCUT2D eigenvalue weighted by Crippen LogP contribution is 2.21. The van der Waals surface area contributed by atoms with E-state index in [1.165, 1.54) is 16.6 Å². The lowest BCUT2D eigenvalue weighted by Gasteiger charge is -2.26. The minimum atomic E-state index is -3.66. The summed E-state index contributed by atoms with van der Waals surface area (Å²) >= 11 is 6.49. The molecule has 0 bridgehead atoms. The molecule has 0 spiro atoms. The highest BCUT2D eigenvalue weighted by atomic mass is 32.2. The molecule has 2 N–H and O–H groups in total. The summed E-state index contributed by atoms with van der Waals surface area (Å²) in [5.41, 5.74) is 5.71. The van der Waals surface area contributed by atoms with Gasteiger partial charge in [0.2, 0.25) is 10.0 Å².